The number of rotatable bonds is 1. The zero-order valence-electron chi connectivity index (χ0n) is 11.0. The molecule has 0 saturated carbocycles. The summed E-state index contributed by atoms with van der Waals surface area (Å²) in [6.45, 7) is 5.10. The number of nitrogens with one attached hydrogen (secondary N) is 2. The van der Waals surface area contributed by atoms with E-state index in [9.17, 15) is 4.79 Å². The first-order valence-corrected chi connectivity index (χ1v) is 8.61. The highest BCUT2D eigenvalue weighted by molar-refractivity contribution is 9.10. The summed E-state index contributed by atoms with van der Waals surface area (Å²) in [5.74, 6) is 2.02. The molecule has 2 fully saturated rings. The minimum Gasteiger partial charge on any atom is -0.320 e. The Morgan fingerprint density at radius 3 is 2.90 bits per heavy atom. The van der Waals surface area contributed by atoms with E-state index in [1.54, 1.807) is 0 Å². The maximum atomic E-state index is 12.9. The van der Waals surface area contributed by atoms with Crippen molar-refractivity contribution in [3.05, 3.63) is 16.1 Å². The second-order valence-electron chi connectivity index (χ2n) is 5.35. The maximum Gasteiger partial charge on any atom is 0.276 e. The van der Waals surface area contributed by atoms with Crippen molar-refractivity contribution in [1.29, 1.82) is 0 Å². The average Bonchev–Trinajstić information content (AvgIpc) is 3.00. The van der Waals surface area contributed by atoms with Gasteiger partial charge in [0.05, 0.1) is 6.54 Å². The number of carbonyl (C=O) groups excluding carboxylic acids is 1. The molecule has 20 heavy (non-hydrogen) atoms. The van der Waals surface area contributed by atoms with Crippen molar-refractivity contribution in [2.45, 2.75) is 18.0 Å². The lowest BCUT2D eigenvalue weighted by atomic mass is 10.1. The number of hydrogen-bond acceptors (Lipinski definition) is 5. The van der Waals surface area contributed by atoms with Gasteiger partial charge in [-0.2, -0.15) is 0 Å². The molecule has 1 aromatic rings. The number of carbonyl (C=O) groups is 1. The molecule has 108 valence electrons. The molecule has 1 spiro atoms. The Hall–Kier alpha value is -0.570. The van der Waals surface area contributed by atoms with Crippen LogP contribution in [-0.4, -0.2) is 57.2 Å². The highest BCUT2D eigenvalue weighted by Crippen LogP contribution is 2.40. The third-order valence-corrected chi connectivity index (χ3v) is 6.44. The van der Waals surface area contributed by atoms with Crippen LogP contribution in [0.4, 0.5) is 0 Å². The van der Waals surface area contributed by atoms with Gasteiger partial charge in [0.25, 0.3) is 5.91 Å². The zero-order chi connectivity index (χ0) is 13.7. The first-order chi connectivity index (χ1) is 9.71. The van der Waals surface area contributed by atoms with Crippen LogP contribution in [0.15, 0.2) is 4.60 Å². The average molecular weight is 358 g/mol. The van der Waals surface area contributed by atoms with Crippen molar-refractivity contribution in [2.24, 2.45) is 0 Å². The standard InChI is InChI=1S/C12H16BrN5OS/c13-10-9(16-8-5-14-1-2-17(8)10)11(19)18-3-4-20-12(18)6-15-7-12/h14-15H,1-7H2. The molecule has 3 aliphatic rings. The number of nitrogens with zero attached hydrogens (tertiary/aromatic N) is 3. The molecule has 4 rings (SSSR count). The van der Waals surface area contributed by atoms with Gasteiger partial charge in [0.15, 0.2) is 5.69 Å². The Morgan fingerprint density at radius 2 is 2.20 bits per heavy atom. The smallest absolute Gasteiger partial charge is 0.276 e. The molecule has 2 saturated heterocycles. The fraction of sp³-hybridized carbons (Fsp3) is 0.667. The molecule has 0 aromatic carbocycles. The number of hydrogen-bond donors (Lipinski definition) is 2. The summed E-state index contributed by atoms with van der Waals surface area (Å²) >= 11 is 5.45. The second-order valence-corrected chi connectivity index (χ2v) is 7.56. The predicted octanol–water partition coefficient (Wildman–Crippen LogP) is 0.237. The molecule has 0 atom stereocenters. The minimum atomic E-state index is -0.0289. The van der Waals surface area contributed by atoms with E-state index in [-0.39, 0.29) is 10.8 Å². The van der Waals surface area contributed by atoms with Gasteiger partial charge in [0.1, 0.15) is 15.3 Å². The molecule has 8 heteroatoms. The van der Waals surface area contributed by atoms with Crippen molar-refractivity contribution in [3.8, 4) is 0 Å². The van der Waals surface area contributed by atoms with Crippen molar-refractivity contribution in [2.75, 3.05) is 31.9 Å². The van der Waals surface area contributed by atoms with Crippen molar-refractivity contribution in [1.82, 2.24) is 25.1 Å². The number of amides is 1. The fourth-order valence-electron chi connectivity index (χ4n) is 3.02. The highest BCUT2D eigenvalue weighted by atomic mass is 79.9. The lowest BCUT2D eigenvalue weighted by molar-refractivity contribution is 0.0596. The van der Waals surface area contributed by atoms with Gasteiger partial charge in [-0.1, -0.05) is 0 Å². The van der Waals surface area contributed by atoms with E-state index in [4.69, 9.17) is 0 Å². The predicted molar refractivity (Wildman–Crippen MR) is 80.7 cm³/mol. The highest BCUT2D eigenvalue weighted by Gasteiger charge is 2.50. The van der Waals surface area contributed by atoms with Gasteiger partial charge in [-0.15, -0.1) is 11.8 Å². The Balaban J connectivity index is 1.67. The largest absolute Gasteiger partial charge is 0.320 e. The summed E-state index contributed by atoms with van der Waals surface area (Å²) in [6.07, 6.45) is 0. The van der Waals surface area contributed by atoms with Crippen LogP contribution in [-0.2, 0) is 13.1 Å². The number of fused-ring (bicyclic) bond motifs is 1. The Labute approximate surface area is 129 Å². The maximum absolute atomic E-state index is 12.9. The van der Waals surface area contributed by atoms with Gasteiger partial charge in [-0.3, -0.25) is 4.79 Å². The molecule has 2 N–H and O–H groups in total. The summed E-state index contributed by atoms with van der Waals surface area (Å²) in [5, 5.41) is 6.57. The van der Waals surface area contributed by atoms with E-state index in [1.165, 1.54) is 0 Å². The van der Waals surface area contributed by atoms with Crippen molar-refractivity contribution in [3.63, 3.8) is 0 Å². The summed E-state index contributed by atoms with van der Waals surface area (Å²) in [7, 11) is 0. The second kappa shape index (κ2) is 4.72. The van der Waals surface area contributed by atoms with Crippen molar-refractivity contribution >= 4 is 33.6 Å². The van der Waals surface area contributed by atoms with Crippen LogP contribution < -0.4 is 10.6 Å². The van der Waals surface area contributed by atoms with Crippen molar-refractivity contribution < 1.29 is 4.79 Å². The Kier molecular flexibility index (Phi) is 3.10. The quantitative estimate of drug-likeness (QED) is 0.753. The summed E-state index contributed by atoms with van der Waals surface area (Å²) in [4.78, 5) is 19.4. The van der Waals surface area contributed by atoms with Crippen LogP contribution in [0.25, 0.3) is 0 Å². The minimum absolute atomic E-state index is 0.0289. The van der Waals surface area contributed by atoms with E-state index in [1.807, 2.05) is 16.7 Å². The molecule has 6 nitrogen and oxygen atoms in total. The van der Waals surface area contributed by atoms with Gasteiger partial charge in [-0.05, 0) is 15.9 Å². The number of thioether (sulfide) groups is 1. The summed E-state index contributed by atoms with van der Waals surface area (Å²) < 4.78 is 2.93. The van der Waals surface area contributed by atoms with Gasteiger partial charge in [-0.25, -0.2) is 4.98 Å². The molecule has 1 aromatic heterocycles. The third-order valence-electron chi connectivity index (χ3n) is 4.21. The van der Waals surface area contributed by atoms with Gasteiger partial charge in [0, 0.05) is 38.5 Å². The monoisotopic (exact) mass is 357 g/mol. The number of imidazole rings is 1. The van der Waals surface area contributed by atoms with E-state index in [0.717, 1.165) is 55.4 Å². The summed E-state index contributed by atoms with van der Waals surface area (Å²) in [5.41, 5.74) is 0.567. The lowest BCUT2D eigenvalue weighted by Crippen LogP contribution is -2.65. The van der Waals surface area contributed by atoms with E-state index in [0.29, 0.717) is 5.69 Å². The molecule has 3 aliphatic heterocycles. The SMILES string of the molecule is O=C(c1nc2n(c1Br)CCNC2)N1CCSC12CNC2. The summed E-state index contributed by atoms with van der Waals surface area (Å²) in [6, 6.07) is 0. The van der Waals surface area contributed by atoms with Gasteiger partial charge in [0.2, 0.25) is 0 Å². The van der Waals surface area contributed by atoms with Gasteiger partial charge >= 0.3 is 0 Å². The van der Waals surface area contributed by atoms with E-state index >= 15 is 0 Å². The molecule has 0 bridgehead atoms. The lowest BCUT2D eigenvalue weighted by Gasteiger charge is -2.44. The van der Waals surface area contributed by atoms with Crippen LogP contribution in [0.3, 0.4) is 0 Å². The Morgan fingerprint density at radius 1 is 1.35 bits per heavy atom. The molecule has 1 amide bonds. The normalized spacial score (nSPS) is 23.8. The van der Waals surface area contributed by atoms with Crippen LogP contribution in [0.2, 0.25) is 0 Å². The number of halogens is 1. The topological polar surface area (TPSA) is 62.2 Å². The third kappa shape index (κ3) is 1.78. The van der Waals surface area contributed by atoms with Crippen LogP contribution in [0.1, 0.15) is 16.3 Å². The molecule has 0 aliphatic carbocycles. The zero-order valence-corrected chi connectivity index (χ0v) is 13.4. The first kappa shape index (κ1) is 13.1. The Bertz CT molecular complexity index is 570. The van der Waals surface area contributed by atoms with E-state index < -0.39 is 0 Å². The van der Waals surface area contributed by atoms with Crippen LogP contribution in [0.5, 0.6) is 0 Å². The van der Waals surface area contributed by atoms with Crippen LogP contribution >= 0.6 is 27.7 Å². The molecular weight excluding hydrogens is 342 g/mol. The first-order valence-electron chi connectivity index (χ1n) is 6.83. The van der Waals surface area contributed by atoms with E-state index in [2.05, 4.69) is 36.1 Å². The number of aromatic nitrogens is 2. The van der Waals surface area contributed by atoms with Gasteiger partial charge < -0.3 is 20.1 Å². The fourth-order valence-corrected chi connectivity index (χ4v) is 5.05. The molecule has 4 heterocycles. The van der Waals surface area contributed by atoms with Crippen LogP contribution in [0, 0.1) is 0 Å². The molecular formula is C12H16BrN5OS. The molecule has 0 unspecified atom stereocenters. The molecule has 0 radical (unpaired) electrons.